The zero-order valence-electron chi connectivity index (χ0n) is 23.1. The van der Waals surface area contributed by atoms with E-state index in [-0.39, 0.29) is 12.0 Å². The van der Waals surface area contributed by atoms with Crippen LogP contribution >= 0.6 is 0 Å². The van der Waals surface area contributed by atoms with E-state index in [1.54, 1.807) is 7.11 Å². The first-order valence-electron chi connectivity index (χ1n) is 14.0. The standard InChI is InChI=1S/C31H44N2O5/c1-23-11-4-6-14-28(23)38-29-15-7-5-13-25(29)31(36,16-8-9-18-37-3)24-12-10-17-33(21-24)30(22-34)19-26(32-2)27(35)20-30/h4-7,11,13-15,22,24,26-27,32,35-36H,8-10,12,16-21H2,1-3H3/t24-,26-,27+,30-,31+/m1/s1. The van der Waals surface area contributed by atoms with Crippen molar-refractivity contribution in [2.45, 2.75) is 75.2 Å². The number of piperidine rings is 1. The van der Waals surface area contributed by atoms with E-state index in [9.17, 15) is 15.0 Å². The monoisotopic (exact) mass is 524 g/mol. The number of aliphatic hydroxyl groups is 2. The Balaban J connectivity index is 1.66. The number of hydrogen-bond donors (Lipinski definition) is 3. The maximum Gasteiger partial charge on any atom is 0.140 e. The van der Waals surface area contributed by atoms with Gasteiger partial charge in [-0.25, -0.2) is 0 Å². The molecule has 0 aromatic heterocycles. The van der Waals surface area contributed by atoms with Crippen LogP contribution in [0.2, 0.25) is 0 Å². The van der Waals surface area contributed by atoms with Gasteiger partial charge in [0.15, 0.2) is 0 Å². The summed E-state index contributed by atoms with van der Waals surface area (Å²) in [6, 6.07) is 15.6. The van der Waals surface area contributed by atoms with Crippen LogP contribution in [0.5, 0.6) is 11.5 Å². The fourth-order valence-electron chi connectivity index (χ4n) is 6.50. The Labute approximate surface area is 227 Å². The molecule has 0 radical (unpaired) electrons. The average Bonchev–Trinajstić information content (AvgIpc) is 3.29. The molecule has 0 amide bonds. The first-order chi connectivity index (χ1) is 18.4. The minimum Gasteiger partial charge on any atom is -0.457 e. The number of methoxy groups -OCH3 is 1. The number of para-hydroxylation sites is 2. The highest BCUT2D eigenvalue weighted by Crippen LogP contribution is 2.46. The molecule has 2 aromatic carbocycles. The van der Waals surface area contributed by atoms with Crippen LogP contribution in [0, 0.1) is 12.8 Å². The lowest BCUT2D eigenvalue weighted by Gasteiger charge is -2.47. The van der Waals surface area contributed by atoms with E-state index in [0.717, 1.165) is 55.4 Å². The van der Waals surface area contributed by atoms with E-state index in [1.165, 1.54) is 0 Å². The highest BCUT2D eigenvalue weighted by atomic mass is 16.5. The van der Waals surface area contributed by atoms with Gasteiger partial charge in [0.2, 0.25) is 0 Å². The molecule has 7 heteroatoms. The largest absolute Gasteiger partial charge is 0.457 e. The van der Waals surface area contributed by atoms with E-state index in [4.69, 9.17) is 9.47 Å². The molecule has 2 aliphatic rings. The molecule has 38 heavy (non-hydrogen) atoms. The lowest BCUT2D eigenvalue weighted by atomic mass is 9.73. The number of aryl methyl sites for hydroxylation is 1. The molecular formula is C31H44N2O5. The SMILES string of the molecule is CN[C@@H]1C[C@@](C=O)(N2CCC[C@@H]([C@@](O)(CCCCOC)c3ccccc3Oc3ccccc3C)C2)C[C@@H]1O. The lowest BCUT2D eigenvalue weighted by Crippen LogP contribution is -2.56. The van der Waals surface area contributed by atoms with Gasteiger partial charge in [0.05, 0.1) is 17.2 Å². The summed E-state index contributed by atoms with van der Waals surface area (Å²) < 4.78 is 11.7. The summed E-state index contributed by atoms with van der Waals surface area (Å²) in [4.78, 5) is 14.7. The molecule has 2 fully saturated rings. The third-order valence-electron chi connectivity index (χ3n) is 8.74. The van der Waals surface area contributed by atoms with Crippen LogP contribution in [0.1, 0.15) is 56.1 Å². The lowest BCUT2D eigenvalue weighted by molar-refractivity contribution is -0.125. The summed E-state index contributed by atoms with van der Waals surface area (Å²) in [5.41, 5.74) is -0.0521. The number of aliphatic hydroxyl groups excluding tert-OH is 1. The Bertz CT molecular complexity index is 1060. The van der Waals surface area contributed by atoms with Crippen LogP contribution in [0.25, 0.3) is 0 Å². The van der Waals surface area contributed by atoms with Crippen molar-refractivity contribution < 1.29 is 24.5 Å². The topological polar surface area (TPSA) is 91.3 Å². The molecule has 0 bridgehead atoms. The Kier molecular flexibility index (Phi) is 9.60. The number of aldehydes is 1. The second-order valence-electron chi connectivity index (χ2n) is 11.1. The normalized spacial score (nSPS) is 27.7. The second-order valence-corrected chi connectivity index (χ2v) is 11.1. The Morgan fingerprint density at radius 3 is 2.55 bits per heavy atom. The van der Waals surface area contributed by atoms with Gasteiger partial charge in [-0.3, -0.25) is 4.90 Å². The number of carbonyl (C=O) groups is 1. The average molecular weight is 525 g/mol. The van der Waals surface area contributed by atoms with Gasteiger partial charge in [0.25, 0.3) is 0 Å². The van der Waals surface area contributed by atoms with Crippen molar-refractivity contribution in [2.75, 3.05) is 33.9 Å². The zero-order chi connectivity index (χ0) is 27.2. The first-order valence-corrected chi connectivity index (χ1v) is 14.0. The van der Waals surface area contributed by atoms with Crippen LogP contribution in [0.3, 0.4) is 0 Å². The molecule has 3 N–H and O–H groups in total. The number of nitrogens with one attached hydrogen (secondary N) is 1. The number of carbonyl (C=O) groups excluding carboxylic acids is 1. The number of nitrogens with zero attached hydrogens (tertiary/aromatic N) is 1. The molecule has 1 aliphatic heterocycles. The fourth-order valence-corrected chi connectivity index (χ4v) is 6.50. The van der Waals surface area contributed by atoms with Crippen molar-refractivity contribution in [3.05, 3.63) is 59.7 Å². The molecule has 7 nitrogen and oxygen atoms in total. The molecule has 4 rings (SSSR count). The zero-order valence-corrected chi connectivity index (χ0v) is 23.1. The highest BCUT2D eigenvalue weighted by Gasteiger charge is 2.51. The summed E-state index contributed by atoms with van der Waals surface area (Å²) in [5.74, 6) is 1.33. The molecule has 0 spiro atoms. The van der Waals surface area contributed by atoms with Crippen molar-refractivity contribution in [3.8, 4) is 11.5 Å². The Hall–Kier alpha value is -2.29. The second kappa shape index (κ2) is 12.7. The Morgan fingerprint density at radius 2 is 1.87 bits per heavy atom. The van der Waals surface area contributed by atoms with Crippen LogP contribution in [-0.4, -0.2) is 72.9 Å². The fraction of sp³-hybridized carbons (Fsp3) is 0.581. The molecule has 1 aliphatic carbocycles. The number of likely N-dealkylation sites (N-methyl/N-ethyl adjacent to an activating group) is 1. The molecule has 0 unspecified atom stereocenters. The molecule has 5 atom stereocenters. The minimum absolute atomic E-state index is 0.0944. The highest BCUT2D eigenvalue weighted by molar-refractivity contribution is 5.65. The summed E-state index contributed by atoms with van der Waals surface area (Å²) in [6.07, 6.45) is 5.39. The number of hydrogen-bond acceptors (Lipinski definition) is 7. The number of unbranched alkanes of at least 4 members (excludes halogenated alkanes) is 1. The van der Waals surface area contributed by atoms with Crippen molar-refractivity contribution in [3.63, 3.8) is 0 Å². The molecule has 1 heterocycles. The third kappa shape index (κ3) is 5.97. The summed E-state index contributed by atoms with van der Waals surface area (Å²) in [7, 11) is 3.53. The van der Waals surface area contributed by atoms with Gasteiger partial charge in [-0.1, -0.05) is 36.4 Å². The van der Waals surface area contributed by atoms with E-state index in [0.29, 0.717) is 38.2 Å². The third-order valence-corrected chi connectivity index (χ3v) is 8.74. The van der Waals surface area contributed by atoms with Gasteiger partial charge >= 0.3 is 0 Å². The van der Waals surface area contributed by atoms with E-state index in [1.807, 2.05) is 62.5 Å². The van der Waals surface area contributed by atoms with E-state index >= 15 is 0 Å². The molecular weight excluding hydrogens is 480 g/mol. The van der Waals surface area contributed by atoms with Gasteiger partial charge < -0.3 is 29.8 Å². The van der Waals surface area contributed by atoms with Gasteiger partial charge in [-0.15, -0.1) is 0 Å². The predicted octanol–water partition coefficient (Wildman–Crippen LogP) is 4.18. The summed E-state index contributed by atoms with van der Waals surface area (Å²) in [5, 5.41) is 26.4. The smallest absolute Gasteiger partial charge is 0.140 e. The maximum absolute atomic E-state index is 12.6. The van der Waals surface area contributed by atoms with Crippen molar-refractivity contribution in [2.24, 2.45) is 5.92 Å². The van der Waals surface area contributed by atoms with Crippen molar-refractivity contribution in [1.82, 2.24) is 10.2 Å². The van der Waals surface area contributed by atoms with Gasteiger partial charge in [-0.2, -0.15) is 0 Å². The number of rotatable bonds is 12. The minimum atomic E-state index is -1.14. The van der Waals surface area contributed by atoms with Crippen molar-refractivity contribution >= 4 is 6.29 Å². The quantitative estimate of drug-likeness (QED) is 0.283. The van der Waals surface area contributed by atoms with Crippen molar-refractivity contribution in [1.29, 1.82) is 0 Å². The van der Waals surface area contributed by atoms with Gasteiger partial charge in [-0.05, 0) is 76.7 Å². The predicted molar refractivity (Wildman–Crippen MR) is 148 cm³/mol. The number of likely N-dealkylation sites (tertiary alicyclic amines) is 1. The maximum atomic E-state index is 12.6. The first kappa shape index (κ1) is 28.7. The molecule has 2 aromatic rings. The van der Waals surface area contributed by atoms with E-state index in [2.05, 4.69) is 10.2 Å². The van der Waals surface area contributed by atoms with Gasteiger partial charge in [0, 0.05) is 44.2 Å². The summed E-state index contributed by atoms with van der Waals surface area (Å²) >= 11 is 0. The van der Waals surface area contributed by atoms with E-state index < -0.39 is 17.2 Å². The van der Waals surface area contributed by atoms with Crippen LogP contribution in [0.4, 0.5) is 0 Å². The van der Waals surface area contributed by atoms with Crippen LogP contribution < -0.4 is 10.1 Å². The Morgan fingerprint density at radius 1 is 1.13 bits per heavy atom. The van der Waals surface area contributed by atoms with Gasteiger partial charge in [0.1, 0.15) is 17.8 Å². The van der Waals surface area contributed by atoms with Crippen LogP contribution in [-0.2, 0) is 15.1 Å². The number of ether oxygens (including phenoxy) is 2. The summed E-state index contributed by atoms with van der Waals surface area (Å²) in [6.45, 7) is 4.02. The number of benzene rings is 2. The van der Waals surface area contributed by atoms with Crippen LogP contribution in [0.15, 0.2) is 48.5 Å². The molecule has 208 valence electrons. The molecule has 1 saturated heterocycles. The molecule has 1 saturated carbocycles.